The molecule has 1 aromatic rings. The number of nitrogens with zero attached hydrogens (tertiary/aromatic N) is 2. The Morgan fingerprint density at radius 3 is 2.92 bits per heavy atom. The third-order valence-corrected chi connectivity index (χ3v) is 1.56. The van der Waals surface area contributed by atoms with Crippen molar-refractivity contribution in [2.75, 3.05) is 5.73 Å². The second-order valence-electron chi connectivity index (χ2n) is 2.65. The van der Waals surface area contributed by atoms with Crippen molar-refractivity contribution in [2.45, 2.75) is 19.8 Å². The minimum absolute atomic E-state index is 0.0349. The summed E-state index contributed by atoms with van der Waals surface area (Å²) in [4.78, 5) is 18.2. The highest BCUT2D eigenvalue weighted by molar-refractivity contribution is 5.90. The number of rotatable bonds is 3. The van der Waals surface area contributed by atoms with Crippen LogP contribution in [0.3, 0.4) is 0 Å². The van der Waals surface area contributed by atoms with Crippen LogP contribution in [0.2, 0.25) is 0 Å². The van der Waals surface area contributed by atoms with Crippen LogP contribution in [-0.2, 0) is 6.42 Å². The molecule has 0 aromatic carbocycles. The van der Waals surface area contributed by atoms with Gasteiger partial charge in [0.25, 0.3) is 0 Å². The molecular formula is C8H11N3O2. The van der Waals surface area contributed by atoms with E-state index >= 15 is 0 Å². The molecule has 0 fully saturated rings. The smallest absolute Gasteiger partial charge is 0.358 e. The van der Waals surface area contributed by atoms with Gasteiger partial charge >= 0.3 is 5.97 Å². The molecule has 0 aliphatic heterocycles. The van der Waals surface area contributed by atoms with E-state index in [1.165, 1.54) is 6.20 Å². The van der Waals surface area contributed by atoms with Crippen molar-refractivity contribution < 1.29 is 9.90 Å². The molecule has 13 heavy (non-hydrogen) atoms. The van der Waals surface area contributed by atoms with E-state index in [-0.39, 0.29) is 11.5 Å². The largest absolute Gasteiger partial charge is 0.476 e. The first-order chi connectivity index (χ1) is 6.15. The van der Waals surface area contributed by atoms with Crippen molar-refractivity contribution in [3.63, 3.8) is 0 Å². The van der Waals surface area contributed by atoms with E-state index in [0.29, 0.717) is 12.1 Å². The lowest BCUT2D eigenvalue weighted by molar-refractivity contribution is 0.0691. The quantitative estimate of drug-likeness (QED) is 0.716. The number of aromatic carboxylic acids is 1. The third kappa shape index (κ3) is 2.14. The van der Waals surface area contributed by atoms with E-state index < -0.39 is 5.97 Å². The number of aryl methyl sites for hydroxylation is 1. The summed E-state index contributed by atoms with van der Waals surface area (Å²) >= 11 is 0. The molecular weight excluding hydrogens is 170 g/mol. The second-order valence-corrected chi connectivity index (χ2v) is 2.65. The number of anilines is 1. The van der Waals surface area contributed by atoms with Crippen LogP contribution in [0.5, 0.6) is 0 Å². The number of nitrogens with two attached hydrogens (primary N) is 1. The normalized spacial score (nSPS) is 9.92. The summed E-state index contributed by atoms with van der Waals surface area (Å²) < 4.78 is 0. The van der Waals surface area contributed by atoms with Crippen LogP contribution in [0.4, 0.5) is 5.82 Å². The molecule has 5 nitrogen and oxygen atoms in total. The summed E-state index contributed by atoms with van der Waals surface area (Å²) in [6.45, 7) is 1.98. The highest BCUT2D eigenvalue weighted by Gasteiger charge is 2.11. The van der Waals surface area contributed by atoms with Gasteiger partial charge in [0.1, 0.15) is 0 Å². The van der Waals surface area contributed by atoms with Crippen LogP contribution >= 0.6 is 0 Å². The van der Waals surface area contributed by atoms with Crippen molar-refractivity contribution in [3.8, 4) is 0 Å². The molecule has 3 N–H and O–H groups in total. The Kier molecular flexibility index (Phi) is 2.79. The molecule has 1 aromatic heterocycles. The summed E-state index contributed by atoms with van der Waals surface area (Å²) in [5.41, 5.74) is 5.83. The molecule has 0 unspecified atom stereocenters. The fraction of sp³-hybridized carbons (Fsp3) is 0.375. The zero-order chi connectivity index (χ0) is 9.84. The lowest BCUT2D eigenvalue weighted by atomic mass is 10.2. The van der Waals surface area contributed by atoms with Crippen LogP contribution < -0.4 is 5.73 Å². The minimum Gasteiger partial charge on any atom is -0.476 e. The van der Waals surface area contributed by atoms with Gasteiger partial charge in [0.15, 0.2) is 11.5 Å². The standard InChI is InChI=1S/C8H11N3O2/c1-2-3-5-4-10-7(9)6(11-5)8(12)13/h4H,2-3H2,1H3,(H2,9,10)(H,12,13). The van der Waals surface area contributed by atoms with Crippen molar-refractivity contribution >= 4 is 11.8 Å². The summed E-state index contributed by atoms with van der Waals surface area (Å²) in [7, 11) is 0. The molecule has 0 atom stereocenters. The zero-order valence-corrected chi connectivity index (χ0v) is 7.32. The van der Waals surface area contributed by atoms with Crippen molar-refractivity contribution in [1.82, 2.24) is 9.97 Å². The van der Waals surface area contributed by atoms with Gasteiger partial charge in [-0.05, 0) is 6.42 Å². The van der Waals surface area contributed by atoms with Crippen LogP contribution in [0.25, 0.3) is 0 Å². The van der Waals surface area contributed by atoms with Crippen LogP contribution in [0.1, 0.15) is 29.5 Å². The summed E-state index contributed by atoms with van der Waals surface area (Å²) in [5.74, 6) is -1.17. The van der Waals surface area contributed by atoms with Gasteiger partial charge < -0.3 is 10.8 Å². The van der Waals surface area contributed by atoms with E-state index in [0.717, 1.165) is 6.42 Å². The first kappa shape index (κ1) is 9.44. The predicted molar refractivity (Wildman–Crippen MR) is 47.4 cm³/mol. The number of hydrogen-bond acceptors (Lipinski definition) is 4. The summed E-state index contributed by atoms with van der Waals surface area (Å²) in [5, 5.41) is 8.68. The number of carboxylic acid groups (broad SMARTS) is 1. The lowest BCUT2D eigenvalue weighted by Gasteiger charge is -2.01. The topological polar surface area (TPSA) is 89.1 Å². The van der Waals surface area contributed by atoms with E-state index in [2.05, 4.69) is 9.97 Å². The Balaban J connectivity index is 3.04. The molecule has 0 amide bonds. The maximum Gasteiger partial charge on any atom is 0.358 e. The first-order valence-electron chi connectivity index (χ1n) is 3.99. The average molecular weight is 181 g/mol. The first-order valence-corrected chi connectivity index (χ1v) is 3.99. The van der Waals surface area contributed by atoms with Gasteiger partial charge in [-0.15, -0.1) is 0 Å². The molecule has 1 heterocycles. The molecule has 0 aliphatic rings. The molecule has 0 radical (unpaired) electrons. The number of carboxylic acids is 1. The number of nitrogen functional groups attached to an aromatic ring is 1. The Morgan fingerprint density at radius 1 is 1.69 bits per heavy atom. The van der Waals surface area contributed by atoms with Gasteiger partial charge in [0, 0.05) is 0 Å². The SMILES string of the molecule is CCCc1cnc(N)c(C(=O)O)n1. The maximum absolute atomic E-state index is 10.6. The van der Waals surface area contributed by atoms with Crippen LogP contribution in [0.15, 0.2) is 6.20 Å². The highest BCUT2D eigenvalue weighted by Crippen LogP contribution is 2.07. The molecule has 0 saturated heterocycles. The Hall–Kier alpha value is -1.65. The molecule has 0 bridgehead atoms. The Bertz CT molecular complexity index is 325. The van der Waals surface area contributed by atoms with Gasteiger partial charge in [-0.3, -0.25) is 0 Å². The molecule has 1 rings (SSSR count). The number of aromatic nitrogens is 2. The number of carbonyl (C=O) groups is 1. The fourth-order valence-electron chi connectivity index (χ4n) is 0.969. The minimum atomic E-state index is -1.14. The Labute approximate surface area is 75.6 Å². The summed E-state index contributed by atoms with van der Waals surface area (Å²) in [6, 6.07) is 0. The maximum atomic E-state index is 10.6. The molecule has 0 spiro atoms. The van der Waals surface area contributed by atoms with Gasteiger partial charge in [-0.2, -0.15) is 0 Å². The molecule has 0 saturated carbocycles. The fourth-order valence-corrected chi connectivity index (χ4v) is 0.969. The number of hydrogen-bond donors (Lipinski definition) is 2. The van der Waals surface area contributed by atoms with E-state index in [4.69, 9.17) is 10.8 Å². The van der Waals surface area contributed by atoms with Crippen LogP contribution in [0, 0.1) is 0 Å². The van der Waals surface area contributed by atoms with Crippen LogP contribution in [-0.4, -0.2) is 21.0 Å². The molecule has 70 valence electrons. The Morgan fingerprint density at radius 2 is 2.38 bits per heavy atom. The molecule has 5 heteroatoms. The monoisotopic (exact) mass is 181 g/mol. The van der Waals surface area contributed by atoms with Gasteiger partial charge in [-0.25, -0.2) is 14.8 Å². The second kappa shape index (κ2) is 3.84. The highest BCUT2D eigenvalue weighted by atomic mass is 16.4. The van der Waals surface area contributed by atoms with Gasteiger partial charge in [0.2, 0.25) is 0 Å². The van der Waals surface area contributed by atoms with E-state index in [1.54, 1.807) is 0 Å². The summed E-state index contributed by atoms with van der Waals surface area (Å²) in [6.07, 6.45) is 3.12. The van der Waals surface area contributed by atoms with E-state index in [9.17, 15) is 4.79 Å². The lowest BCUT2D eigenvalue weighted by Crippen LogP contribution is -2.09. The van der Waals surface area contributed by atoms with Crippen molar-refractivity contribution in [2.24, 2.45) is 0 Å². The molecule has 0 aliphatic carbocycles. The van der Waals surface area contributed by atoms with Gasteiger partial charge in [0.05, 0.1) is 11.9 Å². The average Bonchev–Trinajstić information content (AvgIpc) is 2.08. The van der Waals surface area contributed by atoms with Crippen molar-refractivity contribution in [3.05, 3.63) is 17.6 Å². The predicted octanol–water partition coefficient (Wildman–Crippen LogP) is 0.710. The van der Waals surface area contributed by atoms with Gasteiger partial charge in [-0.1, -0.05) is 13.3 Å². The van der Waals surface area contributed by atoms with E-state index in [1.807, 2.05) is 6.92 Å². The third-order valence-electron chi connectivity index (χ3n) is 1.56. The zero-order valence-electron chi connectivity index (χ0n) is 7.32. The van der Waals surface area contributed by atoms with Crippen molar-refractivity contribution in [1.29, 1.82) is 0 Å².